The van der Waals surface area contributed by atoms with Gasteiger partial charge in [-0.05, 0) is 36.2 Å². The molecule has 0 amide bonds. The number of hydrogen-bond donors (Lipinski definition) is 1. The molecule has 88 valence electrons. The lowest BCUT2D eigenvalue weighted by Crippen LogP contribution is -1.87. The van der Waals surface area contributed by atoms with Gasteiger partial charge in [-0.25, -0.2) is 4.98 Å². The molecule has 0 saturated heterocycles. The number of rotatable bonds is 3. The van der Waals surface area contributed by atoms with Crippen molar-refractivity contribution in [2.75, 3.05) is 0 Å². The second-order valence-corrected chi connectivity index (χ2v) is 5.09. The average molecular weight is 266 g/mol. The van der Waals surface area contributed by atoms with Crippen molar-refractivity contribution in [1.82, 2.24) is 4.98 Å². The summed E-state index contributed by atoms with van der Waals surface area (Å²) in [6, 6.07) is 9.50. The van der Waals surface area contributed by atoms with Crippen LogP contribution >= 0.6 is 23.4 Å². The average Bonchev–Trinajstić information content (AvgIpc) is 2.34. The third-order valence-electron chi connectivity index (χ3n) is 2.35. The van der Waals surface area contributed by atoms with E-state index in [-0.39, 0.29) is 6.61 Å². The molecular weight excluding hydrogens is 254 g/mol. The fourth-order valence-electron chi connectivity index (χ4n) is 1.47. The van der Waals surface area contributed by atoms with Crippen LogP contribution in [0.4, 0.5) is 0 Å². The van der Waals surface area contributed by atoms with Crippen LogP contribution in [-0.4, -0.2) is 10.1 Å². The Bertz CT molecular complexity index is 531. The smallest absolute Gasteiger partial charge is 0.119 e. The molecule has 1 aromatic heterocycles. The first-order valence-corrected chi connectivity index (χ1v) is 6.39. The van der Waals surface area contributed by atoms with E-state index in [1.54, 1.807) is 6.20 Å². The van der Waals surface area contributed by atoms with Crippen molar-refractivity contribution in [1.29, 1.82) is 0 Å². The summed E-state index contributed by atoms with van der Waals surface area (Å²) in [4.78, 5) is 5.34. The highest BCUT2D eigenvalue weighted by atomic mass is 35.5. The fourth-order valence-corrected chi connectivity index (χ4v) is 2.56. The van der Waals surface area contributed by atoms with Crippen molar-refractivity contribution in [3.63, 3.8) is 0 Å². The Hall–Kier alpha value is -1.03. The van der Waals surface area contributed by atoms with Gasteiger partial charge in [0, 0.05) is 11.1 Å². The van der Waals surface area contributed by atoms with Crippen molar-refractivity contribution in [3.05, 3.63) is 52.7 Å². The Morgan fingerprint density at radius 2 is 2.18 bits per heavy atom. The Morgan fingerprint density at radius 1 is 1.35 bits per heavy atom. The van der Waals surface area contributed by atoms with Crippen LogP contribution in [0.15, 0.2) is 46.5 Å². The molecule has 4 heteroatoms. The summed E-state index contributed by atoms with van der Waals surface area (Å²) in [7, 11) is 0. The van der Waals surface area contributed by atoms with Crippen LogP contribution in [0.3, 0.4) is 0 Å². The molecule has 2 nitrogen and oxygen atoms in total. The molecule has 1 heterocycles. The molecule has 17 heavy (non-hydrogen) atoms. The number of aryl methyl sites for hydroxylation is 1. The predicted octanol–water partition coefficient (Wildman–Crippen LogP) is 3.69. The Balaban J connectivity index is 2.28. The quantitative estimate of drug-likeness (QED) is 0.919. The second-order valence-electron chi connectivity index (χ2n) is 3.65. The maximum absolute atomic E-state index is 9.05. The molecule has 0 aliphatic rings. The molecule has 2 aromatic rings. The molecule has 2 rings (SSSR count). The Kier molecular flexibility index (Phi) is 4.05. The van der Waals surface area contributed by atoms with E-state index >= 15 is 0 Å². The SMILES string of the molecule is Cc1cc(CO)ccc1Sc1ncccc1Cl. The van der Waals surface area contributed by atoms with Gasteiger partial charge in [0.2, 0.25) is 0 Å². The zero-order chi connectivity index (χ0) is 12.3. The number of aliphatic hydroxyl groups is 1. The largest absolute Gasteiger partial charge is 0.392 e. The molecule has 1 aromatic carbocycles. The zero-order valence-corrected chi connectivity index (χ0v) is 10.9. The third kappa shape index (κ3) is 3.00. The van der Waals surface area contributed by atoms with Gasteiger partial charge >= 0.3 is 0 Å². The lowest BCUT2D eigenvalue weighted by Gasteiger charge is -2.07. The van der Waals surface area contributed by atoms with Gasteiger partial charge in [-0.1, -0.05) is 35.5 Å². The summed E-state index contributed by atoms with van der Waals surface area (Å²) in [5, 5.41) is 10.5. The molecule has 0 bridgehead atoms. The summed E-state index contributed by atoms with van der Waals surface area (Å²) in [5.74, 6) is 0. The summed E-state index contributed by atoms with van der Waals surface area (Å²) >= 11 is 7.60. The minimum absolute atomic E-state index is 0.0656. The van der Waals surface area contributed by atoms with Gasteiger partial charge in [-0.15, -0.1) is 0 Å². The molecule has 0 aliphatic carbocycles. The lowest BCUT2D eigenvalue weighted by atomic mass is 10.1. The molecule has 0 saturated carbocycles. The highest BCUT2D eigenvalue weighted by molar-refractivity contribution is 7.99. The molecule has 0 unspecified atom stereocenters. The minimum atomic E-state index is 0.0656. The Morgan fingerprint density at radius 3 is 2.82 bits per heavy atom. The van der Waals surface area contributed by atoms with Crippen molar-refractivity contribution < 1.29 is 5.11 Å². The molecule has 0 radical (unpaired) electrons. The highest BCUT2D eigenvalue weighted by Gasteiger charge is 2.06. The van der Waals surface area contributed by atoms with E-state index in [2.05, 4.69) is 4.98 Å². The van der Waals surface area contributed by atoms with Gasteiger partial charge in [-0.2, -0.15) is 0 Å². The molecule has 0 spiro atoms. The van der Waals surface area contributed by atoms with E-state index in [0.29, 0.717) is 5.02 Å². The van der Waals surface area contributed by atoms with Gasteiger partial charge in [0.15, 0.2) is 0 Å². The van der Waals surface area contributed by atoms with Crippen LogP contribution in [0, 0.1) is 6.92 Å². The van der Waals surface area contributed by atoms with Crippen LogP contribution in [0.5, 0.6) is 0 Å². The molecule has 0 fully saturated rings. The predicted molar refractivity (Wildman–Crippen MR) is 70.5 cm³/mol. The van der Waals surface area contributed by atoms with E-state index in [0.717, 1.165) is 21.0 Å². The Labute approximate surface area is 110 Å². The van der Waals surface area contributed by atoms with Gasteiger partial charge in [0.1, 0.15) is 5.03 Å². The maximum Gasteiger partial charge on any atom is 0.119 e. The lowest BCUT2D eigenvalue weighted by molar-refractivity contribution is 0.281. The number of nitrogens with zero attached hydrogens (tertiary/aromatic N) is 1. The number of aliphatic hydroxyl groups excluding tert-OH is 1. The van der Waals surface area contributed by atoms with Crippen LogP contribution in [0.1, 0.15) is 11.1 Å². The zero-order valence-electron chi connectivity index (χ0n) is 9.35. The van der Waals surface area contributed by atoms with E-state index in [1.807, 2.05) is 37.3 Å². The molecule has 0 aliphatic heterocycles. The third-order valence-corrected chi connectivity index (χ3v) is 3.97. The number of hydrogen-bond acceptors (Lipinski definition) is 3. The second kappa shape index (κ2) is 5.54. The topological polar surface area (TPSA) is 33.1 Å². The summed E-state index contributed by atoms with van der Waals surface area (Å²) < 4.78 is 0. The van der Waals surface area contributed by atoms with Crippen molar-refractivity contribution in [3.8, 4) is 0 Å². The van der Waals surface area contributed by atoms with Gasteiger partial charge in [0.25, 0.3) is 0 Å². The van der Waals surface area contributed by atoms with Crippen LogP contribution in [-0.2, 0) is 6.61 Å². The normalized spacial score (nSPS) is 10.5. The van der Waals surface area contributed by atoms with Crippen molar-refractivity contribution in [2.24, 2.45) is 0 Å². The fraction of sp³-hybridized carbons (Fsp3) is 0.154. The molecule has 0 atom stereocenters. The van der Waals surface area contributed by atoms with Gasteiger partial charge in [0.05, 0.1) is 11.6 Å². The number of halogens is 1. The summed E-state index contributed by atoms with van der Waals surface area (Å²) in [6.45, 7) is 2.08. The van der Waals surface area contributed by atoms with Crippen LogP contribution < -0.4 is 0 Å². The van der Waals surface area contributed by atoms with E-state index in [9.17, 15) is 0 Å². The summed E-state index contributed by atoms with van der Waals surface area (Å²) in [5.41, 5.74) is 2.03. The first kappa shape index (κ1) is 12.4. The van der Waals surface area contributed by atoms with E-state index < -0.39 is 0 Å². The number of pyridine rings is 1. The standard InChI is InChI=1S/C13H12ClNOS/c1-9-7-10(8-16)4-5-12(9)17-13-11(14)3-2-6-15-13/h2-7,16H,8H2,1H3. The first-order chi connectivity index (χ1) is 8.20. The summed E-state index contributed by atoms with van der Waals surface area (Å²) in [6.07, 6.45) is 1.73. The van der Waals surface area contributed by atoms with Gasteiger partial charge < -0.3 is 5.11 Å². The monoisotopic (exact) mass is 265 g/mol. The van der Waals surface area contributed by atoms with Crippen molar-refractivity contribution in [2.45, 2.75) is 23.5 Å². The van der Waals surface area contributed by atoms with Crippen LogP contribution in [0.25, 0.3) is 0 Å². The van der Waals surface area contributed by atoms with Crippen LogP contribution in [0.2, 0.25) is 5.02 Å². The van der Waals surface area contributed by atoms with E-state index in [4.69, 9.17) is 16.7 Å². The maximum atomic E-state index is 9.05. The highest BCUT2D eigenvalue weighted by Crippen LogP contribution is 2.33. The molecular formula is C13H12ClNOS. The van der Waals surface area contributed by atoms with Crippen molar-refractivity contribution >= 4 is 23.4 Å². The van der Waals surface area contributed by atoms with E-state index in [1.165, 1.54) is 11.8 Å². The number of aromatic nitrogens is 1. The number of benzene rings is 1. The van der Waals surface area contributed by atoms with Gasteiger partial charge in [-0.3, -0.25) is 0 Å². The first-order valence-electron chi connectivity index (χ1n) is 5.19. The minimum Gasteiger partial charge on any atom is -0.392 e. The molecule has 1 N–H and O–H groups in total.